The topological polar surface area (TPSA) is 65.1 Å². The molecule has 1 aromatic heterocycles. The highest BCUT2D eigenvalue weighted by atomic mass is 16.3. The molecule has 4 nitrogen and oxygen atoms in total. The summed E-state index contributed by atoms with van der Waals surface area (Å²) < 4.78 is 0. The second kappa shape index (κ2) is 3.71. The lowest BCUT2D eigenvalue weighted by molar-refractivity contribution is -0.129. The molecule has 0 spiro atoms. The van der Waals surface area contributed by atoms with Crippen molar-refractivity contribution in [1.82, 2.24) is 4.98 Å². The zero-order chi connectivity index (χ0) is 13.7. The number of fused-ring (bicyclic) bond motifs is 2. The Bertz CT molecular complexity index is 837. The third-order valence-corrected chi connectivity index (χ3v) is 3.86. The average molecular weight is 264 g/mol. The van der Waals surface area contributed by atoms with Gasteiger partial charge in [-0.1, -0.05) is 24.3 Å². The minimum atomic E-state index is -1.62. The predicted octanol–water partition coefficient (Wildman–Crippen LogP) is 2.36. The molecule has 2 heterocycles. The van der Waals surface area contributed by atoms with Crippen LogP contribution < -0.4 is 5.32 Å². The van der Waals surface area contributed by atoms with E-state index in [0.717, 1.165) is 10.9 Å². The summed E-state index contributed by atoms with van der Waals surface area (Å²) in [4.78, 5) is 15.4. The number of carbonyl (C=O) groups excluding carboxylic acids is 1. The number of rotatable bonds is 1. The normalized spacial score (nSPS) is 20.9. The lowest BCUT2D eigenvalue weighted by Crippen LogP contribution is -2.35. The van der Waals surface area contributed by atoms with Crippen molar-refractivity contribution < 1.29 is 9.90 Å². The monoisotopic (exact) mass is 264 g/mol. The van der Waals surface area contributed by atoms with E-state index in [1.54, 1.807) is 18.2 Å². The molecule has 4 rings (SSSR count). The van der Waals surface area contributed by atoms with Crippen molar-refractivity contribution in [2.75, 3.05) is 5.32 Å². The molecule has 2 aromatic carbocycles. The van der Waals surface area contributed by atoms with Gasteiger partial charge in [-0.25, -0.2) is 0 Å². The van der Waals surface area contributed by atoms with Crippen LogP contribution in [0.2, 0.25) is 0 Å². The van der Waals surface area contributed by atoms with Gasteiger partial charge in [-0.3, -0.25) is 4.79 Å². The quantitative estimate of drug-likeness (QED) is 0.631. The number of aromatic nitrogens is 1. The van der Waals surface area contributed by atoms with E-state index in [2.05, 4.69) is 10.3 Å². The number of para-hydroxylation sites is 1. The fraction of sp³-hybridized carbons (Fsp3) is 0.0625. The van der Waals surface area contributed by atoms with Crippen molar-refractivity contribution in [3.63, 3.8) is 0 Å². The number of amides is 1. The maximum Gasteiger partial charge on any atom is 0.265 e. The van der Waals surface area contributed by atoms with Crippen LogP contribution in [0.5, 0.6) is 0 Å². The SMILES string of the molecule is O=C1Nc2ccccc2C1(O)c1ccc2[nH]ccc2c1. The molecule has 0 saturated carbocycles. The van der Waals surface area contributed by atoms with Gasteiger partial charge in [0.25, 0.3) is 5.91 Å². The van der Waals surface area contributed by atoms with Gasteiger partial charge in [0.15, 0.2) is 5.60 Å². The van der Waals surface area contributed by atoms with Crippen molar-refractivity contribution in [3.8, 4) is 0 Å². The Morgan fingerprint density at radius 1 is 1.05 bits per heavy atom. The van der Waals surface area contributed by atoms with Crippen LogP contribution in [0.15, 0.2) is 54.7 Å². The molecule has 3 N–H and O–H groups in total. The Labute approximate surface area is 115 Å². The molecule has 0 aliphatic carbocycles. The molecule has 4 heteroatoms. The molecule has 20 heavy (non-hydrogen) atoms. The Balaban J connectivity index is 1.97. The highest BCUT2D eigenvalue weighted by molar-refractivity contribution is 6.07. The van der Waals surface area contributed by atoms with Crippen molar-refractivity contribution >= 4 is 22.5 Å². The summed E-state index contributed by atoms with van der Waals surface area (Å²) in [6.45, 7) is 0. The molecule has 0 saturated heterocycles. The van der Waals surface area contributed by atoms with E-state index in [1.807, 2.05) is 36.5 Å². The third-order valence-electron chi connectivity index (χ3n) is 3.86. The van der Waals surface area contributed by atoms with Crippen LogP contribution in [0.1, 0.15) is 11.1 Å². The van der Waals surface area contributed by atoms with Crippen LogP contribution in [-0.4, -0.2) is 16.0 Å². The van der Waals surface area contributed by atoms with Crippen LogP contribution in [0, 0.1) is 0 Å². The van der Waals surface area contributed by atoms with Crippen molar-refractivity contribution in [2.24, 2.45) is 0 Å². The lowest BCUT2D eigenvalue weighted by atomic mass is 9.87. The largest absolute Gasteiger partial charge is 0.372 e. The number of carbonyl (C=O) groups is 1. The number of H-pyrrole nitrogens is 1. The van der Waals surface area contributed by atoms with Gasteiger partial charge in [0.05, 0.1) is 0 Å². The van der Waals surface area contributed by atoms with Gasteiger partial charge < -0.3 is 15.4 Å². The molecule has 0 fully saturated rings. The van der Waals surface area contributed by atoms with Gasteiger partial charge in [0, 0.05) is 23.0 Å². The van der Waals surface area contributed by atoms with Crippen LogP contribution in [0.3, 0.4) is 0 Å². The van der Waals surface area contributed by atoms with Gasteiger partial charge in [-0.15, -0.1) is 0 Å². The first-order valence-electron chi connectivity index (χ1n) is 6.40. The van der Waals surface area contributed by atoms with Gasteiger partial charge in [-0.05, 0) is 35.2 Å². The van der Waals surface area contributed by atoms with Crippen LogP contribution >= 0.6 is 0 Å². The fourth-order valence-electron chi connectivity index (χ4n) is 2.81. The number of aromatic amines is 1. The average Bonchev–Trinajstić information content (AvgIpc) is 3.03. The van der Waals surface area contributed by atoms with Gasteiger partial charge in [-0.2, -0.15) is 0 Å². The fourth-order valence-corrected chi connectivity index (χ4v) is 2.81. The van der Waals surface area contributed by atoms with E-state index in [1.165, 1.54) is 0 Å². The zero-order valence-corrected chi connectivity index (χ0v) is 10.6. The minimum absolute atomic E-state index is 0.409. The maximum absolute atomic E-state index is 12.3. The Hall–Kier alpha value is -2.59. The first-order chi connectivity index (χ1) is 9.69. The van der Waals surface area contributed by atoms with Crippen molar-refractivity contribution in [1.29, 1.82) is 0 Å². The first-order valence-corrected chi connectivity index (χ1v) is 6.40. The van der Waals surface area contributed by atoms with Gasteiger partial charge >= 0.3 is 0 Å². The molecule has 98 valence electrons. The number of hydrogen-bond acceptors (Lipinski definition) is 2. The molecule has 1 unspecified atom stereocenters. The molecule has 1 atom stereocenters. The molecule has 0 bridgehead atoms. The number of anilines is 1. The molecule has 1 aliphatic rings. The molecule has 3 aromatic rings. The summed E-state index contributed by atoms with van der Waals surface area (Å²) >= 11 is 0. The molecular weight excluding hydrogens is 252 g/mol. The number of nitrogens with one attached hydrogen (secondary N) is 2. The number of benzene rings is 2. The van der Waals surface area contributed by atoms with E-state index < -0.39 is 11.5 Å². The highest BCUT2D eigenvalue weighted by Crippen LogP contribution is 2.41. The first kappa shape index (κ1) is 11.3. The lowest BCUT2D eigenvalue weighted by Gasteiger charge is -2.21. The standard InChI is InChI=1S/C16H12N2O2/c19-15-16(20,12-3-1-2-4-14(12)18-15)11-5-6-13-10(9-11)7-8-17-13/h1-9,17,20H,(H,18,19). The Morgan fingerprint density at radius 2 is 1.90 bits per heavy atom. The summed E-state index contributed by atoms with van der Waals surface area (Å²) in [6, 6.07) is 14.6. The third kappa shape index (κ3) is 1.31. The second-order valence-electron chi connectivity index (χ2n) is 4.99. The van der Waals surface area contributed by atoms with E-state index in [0.29, 0.717) is 16.8 Å². The van der Waals surface area contributed by atoms with E-state index in [-0.39, 0.29) is 0 Å². The van der Waals surface area contributed by atoms with Gasteiger partial charge in [0.2, 0.25) is 0 Å². The van der Waals surface area contributed by atoms with Crippen molar-refractivity contribution in [3.05, 3.63) is 65.9 Å². The summed E-state index contributed by atoms with van der Waals surface area (Å²) in [7, 11) is 0. The van der Waals surface area contributed by atoms with Gasteiger partial charge in [0.1, 0.15) is 0 Å². The Kier molecular flexibility index (Phi) is 2.09. The maximum atomic E-state index is 12.3. The molecule has 1 amide bonds. The number of aliphatic hydroxyl groups is 1. The molecular formula is C16H12N2O2. The van der Waals surface area contributed by atoms with Crippen LogP contribution in [0.25, 0.3) is 10.9 Å². The molecule has 1 aliphatic heterocycles. The van der Waals surface area contributed by atoms with E-state index >= 15 is 0 Å². The summed E-state index contributed by atoms with van der Waals surface area (Å²) in [5, 5.41) is 14.7. The number of hydrogen-bond donors (Lipinski definition) is 3. The second-order valence-corrected chi connectivity index (χ2v) is 4.99. The summed E-state index contributed by atoms with van der Waals surface area (Å²) in [5.41, 5.74) is 1.19. The van der Waals surface area contributed by atoms with E-state index in [9.17, 15) is 9.90 Å². The van der Waals surface area contributed by atoms with Crippen LogP contribution in [-0.2, 0) is 10.4 Å². The summed E-state index contributed by atoms with van der Waals surface area (Å²) in [6.07, 6.45) is 1.83. The predicted molar refractivity (Wildman–Crippen MR) is 76.4 cm³/mol. The zero-order valence-electron chi connectivity index (χ0n) is 10.6. The minimum Gasteiger partial charge on any atom is -0.372 e. The highest BCUT2D eigenvalue weighted by Gasteiger charge is 2.46. The summed E-state index contributed by atoms with van der Waals surface area (Å²) in [5.74, 6) is -0.409. The Morgan fingerprint density at radius 3 is 2.80 bits per heavy atom. The van der Waals surface area contributed by atoms with E-state index in [4.69, 9.17) is 0 Å². The molecule has 0 radical (unpaired) electrons. The van der Waals surface area contributed by atoms with Crippen molar-refractivity contribution in [2.45, 2.75) is 5.60 Å². The smallest absolute Gasteiger partial charge is 0.265 e. The van der Waals surface area contributed by atoms with Crippen LogP contribution in [0.4, 0.5) is 5.69 Å².